The van der Waals surface area contributed by atoms with Gasteiger partial charge in [0.1, 0.15) is 0 Å². The Labute approximate surface area is 167 Å². The van der Waals surface area contributed by atoms with Gasteiger partial charge in [0.25, 0.3) is 10.2 Å². The largest absolute Gasteiger partial charge is 0.450 e. The Balaban J connectivity index is 2.08. The third-order valence-corrected chi connectivity index (χ3v) is 7.98. The summed E-state index contributed by atoms with van der Waals surface area (Å²) in [6.07, 6.45) is 0.685. The van der Waals surface area contributed by atoms with Crippen LogP contribution < -0.4 is 0 Å². The molecule has 9 nitrogen and oxygen atoms in total. The molecule has 1 aliphatic rings. The van der Waals surface area contributed by atoms with Crippen LogP contribution in [-0.2, 0) is 24.8 Å². The van der Waals surface area contributed by atoms with E-state index >= 15 is 0 Å². The van der Waals surface area contributed by atoms with Gasteiger partial charge in [0.05, 0.1) is 11.5 Å². The second-order valence-electron chi connectivity index (χ2n) is 6.63. The maximum atomic E-state index is 13.0. The molecule has 28 heavy (non-hydrogen) atoms. The average molecular weight is 434 g/mol. The van der Waals surface area contributed by atoms with Crippen molar-refractivity contribution in [3.63, 3.8) is 0 Å². The fourth-order valence-electron chi connectivity index (χ4n) is 2.90. The number of ether oxygens (including phenoxy) is 1. The Hall–Kier alpha value is -1.69. The molecule has 1 atom stereocenters. The van der Waals surface area contributed by atoms with E-state index in [1.165, 1.54) is 32.7 Å². The zero-order chi connectivity index (χ0) is 21.1. The summed E-state index contributed by atoms with van der Waals surface area (Å²) >= 11 is 0. The lowest BCUT2D eigenvalue weighted by atomic mass is 10.1. The van der Waals surface area contributed by atoms with Crippen LogP contribution in [0.25, 0.3) is 0 Å². The minimum absolute atomic E-state index is 0.184. The van der Waals surface area contributed by atoms with E-state index in [0.29, 0.717) is 5.56 Å². The number of hydrogen-bond acceptors (Lipinski definition) is 6. The van der Waals surface area contributed by atoms with Crippen molar-refractivity contribution < 1.29 is 26.4 Å². The normalized spacial score (nSPS) is 17.5. The number of benzene rings is 1. The van der Waals surface area contributed by atoms with E-state index in [1.54, 1.807) is 26.0 Å². The fraction of sp³-hybridized carbons (Fsp3) is 0.588. The molecular weight excluding hydrogens is 406 g/mol. The van der Waals surface area contributed by atoms with Crippen molar-refractivity contribution in [2.45, 2.75) is 24.8 Å². The van der Waals surface area contributed by atoms with E-state index in [2.05, 4.69) is 0 Å². The van der Waals surface area contributed by atoms with Gasteiger partial charge in [0.2, 0.25) is 0 Å². The van der Waals surface area contributed by atoms with Crippen LogP contribution >= 0.6 is 0 Å². The molecule has 0 spiro atoms. The first-order valence-electron chi connectivity index (χ1n) is 8.93. The van der Waals surface area contributed by atoms with Crippen LogP contribution in [0, 0.1) is 0 Å². The summed E-state index contributed by atoms with van der Waals surface area (Å²) in [4.78, 5) is 13.4. The maximum Gasteiger partial charge on any atom is 0.409 e. The smallest absolute Gasteiger partial charge is 0.409 e. The molecule has 1 aromatic carbocycles. The van der Waals surface area contributed by atoms with Crippen molar-refractivity contribution in [3.05, 3.63) is 29.8 Å². The number of hydrogen-bond donors (Lipinski definition) is 0. The van der Waals surface area contributed by atoms with Gasteiger partial charge in [-0.15, -0.1) is 0 Å². The summed E-state index contributed by atoms with van der Waals surface area (Å²) in [5, 5.41) is 0. The molecule has 1 unspecified atom stereocenters. The molecule has 1 aromatic rings. The predicted octanol–water partition coefficient (Wildman–Crippen LogP) is 1.10. The van der Waals surface area contributed by atoms with Crippen LogP contribution in [0.1, 0.15) is 25.5 Å². The lowest BCUT2D eigenvalue weighted by Gasteiger charge is -2.36. The van der Waals surface area contributed by atoms with Crippen molar-refractivity contribution in [1.82, 2.24) is 13.5 Å². The van der Waals surface area contributed by atoms with Gasteiger partial charge < -0.3 is 9.64 Å². The predicted molar refractivity (Wildman–Crippen MR) is 105 cm³/mol. The first-order valence-corrected chi connectivity index (χ1v) is 12.2. The highest BCUT2D eigenvalue weighted by molar-refractivity contribution is 7.90. The molecule has 1 aliphatic heterocycles. The highest BCUT2D eigenvalue weighted by atomic mass is 32.2. The molecule has 0 aromatic heterocycles. The number of carbonyl (C=O) groups is 1. The molecule has 0 bridgehead atoms. The zero-order valence-corrected chi connectivity index (χ0v) is 18.2. The lowest BCUT2D eigenvalue weighted by molar-refractivity contribution is 0.0923. The Morgan fingerprint density at radius 3 is 2.11 bits per heavy atom. The quantitative estimate of drug-likeness (QED) is 0.665. The third-order valence-electron chi connectivity index (χ3n) is 4.79. The summed E-state index contributed by atoms with van der Waals surface area (Å²) in [7, 11) is -5.56. The first-order chi connectivity index (χ1) is 13.0. The van der Waals surface area contributed by atoms with E-state index in [4.69, 9.17) is 4.74 Å². The summed E-state index contributed by atoms with van der Waals surface area (Å²) in [6, 6.07) is 5.69. The summed E-state index contributed by atoms with van der Waals surface area (Å²) in [5.74, 6) is 0. The molecule has 2 rings (SSSR count). The molecule has 0 aliphatic carbocycles. The van der Waals surface area contributed by atoms with Crippen LogP contribution in [0.5, 0.6) is 0 Å². The monoisotopic (exact) mass is 433 g/mol. The van der Waals surface area contributed by atoms with Gasteiger partial charge in [-0.25, -0.2) is 13.2 Å². The molecule has 158 valence electrons. The van der Waals surface area contributed by atoms with Crippen LogP contribution in [0.2, 0.25) is 0 Å². The van der Waals surface area contributed by atoms with Gasteiger partial charge in [-0.05, 0) is 31.5 Å². The van der Waals surface area contributed by atoms with E-state index in [-0.39, 0.29) is 37.7 Å². The minimum atomic E-state index is -3.74. The summed E-state index contributed by atoms with van der Waals surface area (Å²) in [6.45, 7) is 4.64. The topological polar surface area (TPSA) is 104 Å². The van der Waals surface area contributed by atoms with Gasteiger partial charge >= 0.3 is 6.09 Å². The second-order valence-corrected chi connectivity index (χ2v) is 10.6. The highest BCUT2D eigenvalue weighted by Gasteiger charge is 2.34. The number of carbonyl (C=O) groups excluding carboxylic acids is 1. The van der Waals surface area contributed by atoms with Crippen molar-refractivity contribution in [1.29, 1.82) is 0 Å². The number of sulfone groups is 1. The Bertz CT molecular complexity index is 891. The molecule has 0 radical (unpaired) electrons. The molecular formula is C17H27N3O6S2. The standard InChI is InChI=1S/C17H27N3O6S2/c1-5-26-17(21)19-10-12-20(13-11-19)28(24,25)18(3)14(2)15-6-8-16(9-7-15)27(4,22)23/h6-9,14H,5,10-13H2,1-4H3. The van der Waals surface area contributed by atoms with Crippen LogP contribution in [-0.4, -0.2) is 82.5 Å². The van der Waals surface area contributed by atoms with Gasteiger partial charge in [-0.3, -0.25) is 0 Å². The Morgan fingerprint density at radius 1 is 1.11 bits per heavy atom. The highest BCUT2D eigenvalue weighted by Crippen LogP contribution is 2.25. The van der Waals surface area contributed by atoms with Crippen LogP contribution in [0.3, 0.4) is 0 Å². The fourth-order valence-corrected chi connectivity index (χ4v) is 5.04. The van der Waals surface area contributed by atoms with E-state index in [9.17, 15) is 21.6 Å². The summed E-state index contributed by atoms with van der Waals surface area (Å²) < 4.78 is 56.6. The van der Waals surface area contributed by atoms with Crippen molar-refractivity contribution in [2.24, 2.45) is 0 Å². The third kappa shape index (κ3) is 5.02. The van der Waals surface area contributed by atoms with E-state index in [0.717, 1.165) is 6.26 Å². The Morgan fingerprint density at radius 2 is 1.64 bits per heavy atom. The number of amides is 1. The first kappa shape index (κ1) is 22.6. The maximum absolute atomic E-state index is 13.0. The van der Waals surface area contributed by atoms with Gasteiger partial charge in [-0.1, -0.05) is 12.1 Å². The molecule has 1 heterocycles. The molecule has 0 N–H and O–H groups in total. The number of piperazine rings is 1. The van der Waals surface area contributed by atoms with Crippen LogP contribution in [0.15, 0.2) is 29.2 Å². The van der Waals surface area contributed by atoms with Gasteiger partial charge in [-0.2, -0.15) is 17.0 Å². The second kappa shape index (κ2) is 8.76. The van der Waals surface area contributed by atoms with Crippen LogP contribution in [0.4, 0.5) is 4.79 Å². The molecule has 0 saturated carbocycles. The average Bonchev–Trinajstić information content (AvgIpc) is 2.66. The molecule has 1 fully saturated rings. The van der Waals surface area contributed by atoms with E-state index in [1.807, 2.05) is 0 Å². The van der Waals surface area contributed by atoms with E-state index < -0.39 is 32.2 Å². The van der Waals surface area contributed by atoms with Gasteiger partial charge in [0.15, 0.2) is 9.84 Å². The number of rotatable bonds is 6. The van der Waals surface area contributed by atoms with Crippen molar-refractivity contribution >= 4 is 26.1 Å². The Kier molecular flexibility index (Phi) is 7.07. The molecule has 1 saturated heterocycles. The molecule has 11 heteroatoms. The summed E-state index contributed by atoms with van der Waals surface area (Å²) in [5.41, 5.74) is 0.684. The van der Waals surface area contributed by atoms with Crippen molar-refractivity contribution in [3.8, 4) is 0 Å². The number of nitrogens with zero attached hydrogens (tertiary/aromatic N) is 3. The lowest BCUT2D eigenvalue weighted by Crippen LogP contribution is -2.53. The zero-order valence-electron chi connectivity index (χ0n) is 16.5. The van der Waals surface area contributed by atoms with Crippen molar-refractivity contribution in [2.75, 3.05) is 46.1 Å². The van der Waals surface area contributed by atoms with Gasteiger partial charge in [0, 0.05) is 45.5 Å². The SMILES string of the molecule is CCOC(=O)N1CCN(S(=O)(=O)N(C)C(C)c2ccc(S(C)(=O)=O)cc2)CC1. The minimum Gasteiger partial charge on any atom is -0.450 e. The molecule has 1 amide bonds.